The van der Waals surface area contributed by atoms with Crippen LogP contribution in [-0.4, -0.2) is 35.9 Å². The summed E-state index contributed by atoms with van der Waals surface area (Å²) in [4.78, 5) is 10.2. The molecule has 0 bridgehead atoms. The Morgan fingerprint density at radius 3 is 2.29 bits per heavy atom. The van der Waals surface area contributed by atoms with Crippen molar-refractivity contribution in [3.8, 4) is 0 Å². The fourth-order valence-corrected chi connectivity index (χ4v) is 1.26. The highest BCUT2D eigenvalue weighted by Crippen LogP contribution is 2.04. The van der Waals surface area contributed by atoms with Crippen LogP contribution in [0.3, 0.4) is 0 Å². The van der Waals surface area contributed by atoms with Crippen molar-refractivity contribution in [2.75, 3.05) is 19.7 Å². The number of unbranched alkanes of at least 4 members (excludes halogenated alkanes) is 4. The molecule has 0 aromatic carbocycles. The van der Waals surface area contributed by atoms with Crippen LogP contribution in [0.2, 0.25) is 0 Å². The smallest absolute Gasteiger partial charge is 0.303 e. The van der Waals surface area contributed by atoms with E-state index in [1.165, 1.54) is 0 Å². The fraction of sp³-hybridized carbons (Fsp3) is 0.900. The molecule has 0 fully saturated rings. The normalized spacial score (nSPS) is 10.4. The van der Waals surface area contributed by atoms with E-state index in [9.17, 15) is 4.79 Å². The van der Waals surface area contributed by atoms with E-state index in [-0.39, 0.29) is 6.61 Å². The summed E-state index contributed by atoms with van der Waals surface area (Å²) in [5.41, 5.74) is 0. The van der Waals surface area contributed by atoms with E-state index < -0.39 is 5.97 Å². The number of carboxylic acid groups (broad SMARTS) is 1. The van der Waals surface area contributed by atoms with Crippen LogP contribution in [0.1, 0.15) is 38.5 Å². The zero-order valence-electron chi connectivity index (χ0n) is 8.67. The molecule has 0 rings (SSSR count). The Balaban J connectivity index is 2.88. The van der Waals surface area contributed by atoms with Crippen LogP contribution in [0, 0.1) is 0 Å². The zero-order chi connectivity index (χ0) is 10.6. The van der Waals surface area contributed by atoms with Gasteiger partial charge < -0.3 is 15.5 Å². The molecule has 0 saturated heterocycles. The molecule has 0 aliphatic carbocycles. The maximum absolute atomic E-state index is 10.2. The van der Waals surface area contributed by atoms with Crippen molar-refractivity contribution >= 4 is 5.97 Å². The molecule has 0 unspecified atom stereocenters. The van der Waals surface area contributed by atoms with Crippen molar-refractivity contribution < 1.29 is 15.0 Å². The summed E-state index contributed by atoms with van der Waals surface area (Å²) in [5, 5.41) is 20.0. The summed E-state index contributed by atoms with van der Waals surface area (Å²) in [6.45, 7) is 1.80. The Labute approximate surface area is 85.3 Å². The highest BCUT2D eigenvalue weighted by atomic mass is 16.4. The monoisotopic (exact) mass is 203 g/mol. The number of nitrogens with one attached hydrogen (secondary N) is 1. The molecule has 3 N–H and O–H groups in total. The van der Waals surface area contributed by atoms with Gasteiger partial charge in [-0.15, -0.1) is 0 Å². The molecular formula is C10H21NO3. The highest BCUT2D eigenvalue weighted by molar-refractivity contribution is 5.66. The first-order chi connectivity index (χ1) is 6.77. The highest BCUT2D eigenvalue weighted by Gasteiger charge is 1.96. The molecule has 0 aliphatic heterocycles. The minimum absolute atomic E-state index is 0.193. The van der Waals surface area contributed by atoms with E-state index in [4.69, 9.17) is 10.2 Å². The van der Waals surface area contributed by atoms with Crippen LogP contribution in [0.15, 0.2) is 0 Å². The Hall–Kier alpha value is -0.610. The predicted octanol–water partition coefficient (Wildman–Crippen LogP) is 0.994. The van der Waals surface area contributed by atoms with Gasteiger partial charge in [0, 0.05) is 13.0 Å². The van der Waals surface area contributed by atoms with Crippen LogP contribution in [0.5, 0.6) is 0 Å². The molecule has 4 nitrogen and oxygen atoms in total. The van der Waals surface area contributed by atoms with E-state index in [0.29, 0.717) is 13.0 Å². The second-order valence-corrected chi connectivity index (χ2v) is 3.39. The van der Waals surface area contributed by atoms with Gasteiger partial charge in [-0.3, -0.25) is 4.79 Å². The number of rotatable bonds is 10. The molecule has 0 heterocycles. The van der Waals surface area contributed by atoms with Gasteiger partial charge in [0.25, 0.3) is 0 Å². The number of aliphatic carboxylic acids is 1. The van der Waals surface area contributed by atoms with Crippen LogP contribution in [0.4, 0.5) is 0 Å². The van der Waals surface area contributed by atoms with E-state index >= 15 is 0 Å². The lowest BCUT2D eigenvalue weighted by atomic mass is 10.1. The number of aliphatic hydroxyl groups excluding tert-OH is 1. The van der Waals surface area contributed by atoms with Crippen molar-refractivity contribution in [2.24, 2.45) is 0 Å². The van der Waals surface area contributed by atoms with Gasteiger partial charge >= 0.3 is 5.97 Å². The first-order valence-corrected chi connectivity index (χ1v) is 5.30. The summed E-state index contributed by atoms with van der Waals surface area (Å²) in [6, 6.07) is 0. The Morgan fingerprint density at radius 2 is 1.64 bits per heavy atom. The average Bonchev–Trinajstić information content (AvgIpc) is 2.15. The van der Waals surface area contributed by atoms with Crippen LogP contribution in [0.25, 0.3) is 0 Å². The lowest BCUT2D eigenvalue weighted by molar-refractivity contribution is -0.137. The summed E-state index contributed by atoms with van der Waals surface area (Å²) in [6.07, 6.45) is 5.44. The summed E-state index contributed by atoms with van der Waals surface area (Å²) < 4.78 is 0. The van der Waals surface area contributed by atoms with E-state index in [0.717, 1.165) is 38.6 Å². The molecule has 0 radical (unpaired) electrons. The van der Waals surface area contributed by atoms with Crippen molar-refractivity contribution in [3.05, 3.63) is 0 Å². The summed E-state index contributed by atoms with van der Waals surface area (Å²) in [7, 11) is 0. The van der Waals surface area contributed by atoms with Crippen LogP contribution < -0.4 is 5.32 Å². The molecule has 0 aromatic heterocycles. The first-order valence-electron chi connectivity index (χ1n) is 5.30. The molecule has 0 atom stereocenters. The summed E-state index contributed by atoms with van der Waals surface area (Å²) >= 11 is 0. The lowest BCUT2D eigenvalue weighted by Crippen LogP contribution is -2.19. The van der Waals surface area contributed by atoms with Gasteiger partial charge in [0.15, 0.2) is 0 Å². The van der Waals surface area contributed by atoms with Crippen LogP contribution in [-0.2, 0) is 4.79 Å². The third-order valence-electron chi connectivity index (χ3n) is 2.03. The first kappa shape index (κ1) is 13.4. The van der Waals surface area contributed by atoms with Gasteiger partial charge in [-0.05, 0) is 19.4 Å². The number of hydrogen-bond acceptors (Lipinski definition) is 3. The molecule has 0 aliphatic rings. The second kappa shape index (κ2) is 10.5. The topological polar surface area (TPSA) is 69.6 Å². The van der Waals surface area contributed by atoms with Crippen molar-refractivity contribution in [1.29, 1.82) is 0 Å². The number of aliphatic hydroxyl groups is 1. The molecule has 4 heteroatoms. The van der Waals surface area contributed by atoms with Gasteiger partial charge in [-0.1, -0.05) is 19.3 Å². The minimum Gasteiger partial charge on any atom is -0.481 e. The largest absolute Gasteiger partial charge is 0.481 e. The van der Waals surface area contributed by atoms with E-state index in [2.05, 4.69) is 5.32 Å². The van der Waals surface area contributed by atoms with Gasteiger partial charge in [-0.25, -0.2) is 0 Å². The number of hydrogen-bond donors (Lipinski definition) is 3. The minimum atomic E-state index is -0.699. The van der Waals surface area contributed by atoms with Gasteiger partial charge in [0.05, 0.1) is 6.61 Å². The maximum Gasteiger partial charge on any atom is 0.303 e. The van der Waals surface area contributed by atoms with E-state index in [1.807, 2.05) is 0 Å². The molecule has 84 valence electrons. The Bertz CT molecular complexity index is 139. The molecule has 14 heavy (non-hydrogen) atoms. The Kier molecular flexibility index (Phi) is 10.0. The third-order valence-corrected chi connectivity index (χ3v) is 2.03. The molecular weight excluding hydrogens is 182 g/mol. The molecule has 0 aromatic rings. The Morgan fingerprint density at radius 1 is 1.00 bits per heavy atom. The number of carboxylic acids is 1. The molecule has 0 saturated carbocycles. The van der Waals surface area contributed by atoms with Gasteiger partial charge in [0.1, 0.15) is 0 Å². The van der Waals surface area contributed by atoms with Crippen molar-refractivity contribution in [2.45, 2.75) is 38.5 Å². The van der Waals surface area contributed by atoms with E-state index in [1.54, 1.807) is 0 Å². The zero-order valence-corrected chi connectivity index (χ0v) is 8.67. The predicted molar refractivity (Wildman–Crippen MR) is 55.3 cm³/mol. The SMILES string of the molecule is O=C(O)CCCCCCCNCCO. The van der Waals surface area contributed by atoms with Crippen molar-refractivity contribution in [1.82, 2.24) is 5.32 Å². The molecule has 0 amide bonds. The second-order valence-electron chi connectivity index (χ2n) is 3.39. The lowest BCUT2D eigenvalue weighted by Gasteiger charge is -2.02. The molecule has 0 spiro atoms. The van der Waals surface area contributed by atoms with Gasteiger partial charge in [0.2, 0.25) is 0 Å². The summed E-state index contributed by atoms with van der Waals surface area (Å²) in [5.74, 6) is -0.699. The maximum atomic E-state index is 10.2. The van der Waals surface area contributed by atoms with Crippen molar-refractivity contribution in [3.63, 3.8) is 0 Å². The van der Waals surface area contributed by atoms with Crippen LogP contribution >= 0.6 is 0 Å². The standard InChI is InChI=1S/C10H21NO3/c12-9-8-11-7-5-3-1-2-4-6-10(13)14/h11-12H,1-9H2,(H,13,14). The average molecular weight is 203 g/mol. The fourth-order valence-electron chi connectivity index (χ4n) is 1.26. The van der Waals surface area contributed by atoms with Gasteiger partial charge in [-0.2, -0.15) is 0 Å². The third kappa shape index (κ3) is 11.4. The number of carbonyl (C=O) groups is 1. The quantitative estimate of drug-likeness (QED) is 0.463.